The number of aliphatic hydroxyl groups excluding tert-OH is 1. The fourth-order valence-corrected chi connectivity index (χ4v) is 2.88. The molecule has 3 rings (SSSR count). The SMILES string of the molecule is O=C(N[C@@H]1CO[C@@H]2[C@@H]1OC[C@H]2O)c1cccs1. The molecule has 1 aromatic heterocycles. The smallest absolute Gasteiger partial charge is 0.261 e. The Bertz CT molecular complexity index is 408. The summed E-state index contributed by atoms with van der Waals surface area (Å²) in [6, 6.07) is 3.44. The highest BCUT2D eigenvalue weighted by Gasteiger charge is 2.47. The zero-order chi connectivity index (χ0) is 11.8. The van der Waals surface area contributed by atoms with Crippen molar-refractivity contribution in [2.75, 3.05) is 13.2 Å². The quantitative estimate of drug-likeness (QED) is 0.781. The second kappa shape index (κ2) is 4.38. The standard InChI is InChI=1S/C11H13NO4S/c13-7-5-16-9-6(4-15-10(7)9)12-11(14)8-2-1-3-17-8/h1-3,6-7,9-10,13H,4-5H2,(H,12,14)/t6-,7-,9-,10+/m1/s1. The van der Waals surface area contributed by atoms with Gasteiger partial charge in [-0.15, -0.1) is 11.3 Å². The van der Waals surface area contributed by atoms with E-state index in [4.69, 9.17) is 9.47 Å². The van der Waals surface area contributed by atoms with Crippen LogP contribution in [-0.2, 0) is 9.47 Å². The van der Waals surface area contributed by atoms with Crippen LogP contribution in [0.1, 0.15) is 9.67 Å². The van der Waals surface area contributed by atoms with Gasteiger partial charge in [0.15, 0.2) is 0 Å². The molecule has 2 N–H and O–H groups in total. The average molecular weight is 255 g/mol. The molecule has 3 heterocycles. The molecule has 17 heavy (non-hydrogen) atoms. The fourth-order valence-electron chi connectivity index (χ4n) is 2.25. The van der Waals surface area contributed by atoms with E-state index in [0.29, 0.717) is 11.5 Å². The molecule has 1 amide bonds. The Morgan fingerprint density at radius 2 is 2.24 bits per heavy atom. The van der Waals surface area contributed by atoms with E-state index in [1.807, 2.05) is 11.4 Å². The maximum atomic E-state index is 11.9. The number of carbonyl (C=O) groups is 1. The lowest BCUT2D eigenvalue weighted by Crippen LogP contribution is -2.44. The van der Waals surface area contributed by atoms with E-state index in [-0.39, 0.29) is 30.8 Å². The van der Waals surface area contributed by atoms with E-state index in [0.717, 1.165) is 0 Å². The van der Waals surface area contributed by atoms with Crippen LogP contribution < -0.4 is 5.32 Å². The van der Waals surface area contributed by atoms with Crippen LogP contribution >= 0.6 is 11.3 Å². The average Bonchev–Trinajstić information content (AvgIpc) is 3.00. The third-order valence-electron chi connectivity index (χ3n) is 3.09. The molecule has 0 bridgehead atoms. The first kappa shape index (κ1) is 11.2. The number of aliphatic hydroxyl groups is 1. The first-order valence-corrected chi connectivity index (χ1v) is 6.39. The molecule has 0 spiro atoms. The number of thiophene rings is 1. The van der Waals surface area contributed by atoms with Crippen LogP contribution in [0.5, 0.6) is 0 Å². The van der Waals surface area contributed by atoms with Gasteiger partial charge in [0.25, 0.3) is 5.91 Å². The van der Waals surface area contributed by atoms with Gasteiger partial charge in [0, 0.05) is 0 Å². The zero-order valence-electron chi connectivity index (χ0n) is 9.04. The number of fused-ring (bicyclic) bond motifs is 1. The predicted octanol–water partition coefficient (Wildman–Crippen LogP) is 0.00500. The molecule has 0 aromatic carbocycles. The lowest BCUT2D eigenvalue weighted by molar-refractivity contribution is 0.0178. The van der Waals surface area contributed by atoms with Crippen molar-refractivity contribution >= 4 is 17.2 Å². The summed E-state index contributed by atoms with van der Waals surface area (Å²) in [6.07, 6.45) is -1.11. The van der Waals surface area contributed by atoms with Crippen LogP contribution in [0.25, 0.3) is 0 Å². The van der Waals surface area contributed by atoms with Gasteiger partial charge in [-0.3, -0.25) is 4.79 Å². The summed E-state index contributed by atoms with van der Waals surface area (Å²) in [5, 5.41) is 14.3. The van der Waals surface area contributed by atoms with E-state index in [9.17, 15) is 9.90 Å². The highest BCUT2D eigenvalue weighted by molar-refractivity contribution is 7.12. The summed E-state index contributed by atoms with van der Waals surface area (Å²) in [6.45, 7) is 0.671. The molecule has 2 aliphatic rings. The van der Waals surface area contributed by atoms with Crippen molar-refractivity contribution in [3.63, 3.8) is 0 Å². The maximum absolute atomic E-state index is 11.9. The molecule has 2 fully saturated rings. The van der Waals surface area contributed by atoms with Gasteiger partial charge in [0.05, 0.1) is 24.1 Å². The molecule has 2 aliphatic heterocycles. The summed E-state index contributed by atoms with van der Waals surface area (Å²) in [5.41, 5.74) is 0. The highest BCUT2D eigenvalue weighted by Crippen LogP contribution is 2.27. The molecular formula is C11H13NO4S. The molecule has 1 aromatic rings. The van der Waals surface area contributed by atoms with Gasteiger partial charge in [-0.05, 0) is 11.4 Å². The maximum Gasteiger partial charge on any atom is 0.261 e. The van der Waals surface area contributed by atoms with Crippen molar-refractivity contribution < 1.29 is 19.4 Å². The Labute approximate surface area is 102 Å². The van der Waals surface area contributed by atoms with Crippen molar-refractivity contribution in [3.05, 3.63) is 22.4 Å². The van der Waals surface area contributed by atoms with Gasteiger partial charge in [0.1, 0.15) is 18.3 Å². The van der Waals surface area contributed by atoms with E-state index in [2.05, 4.69) is 5.32 Å². The van der Waals surface area contributed by atoms with E-state index < -0.39 is 6.10 Å². The molecule has 5 nitrogen and oxygen atoms in total. The molecular weight excluding hydrogens is 242 g/mol. The second-order valence-corrected chi connectivity index (χ2v) is 5.17. The highest BCUT2D eigenvalue weighted by atomic mass is 32.1. The molecule has 92 valence electrons. The van der Waals surface area contributed by atoms with Crippen LogP contribution in [0.2, 0.25) is 0 Å². The van der Waals surface area contributed by atoms with Crippen LogP contribution in [0, 0.1) is 0 Å². The Morgan fingerprint density at radius 3 is 3.00 bits per heavy atom. The fraction of sp³-hybridized carbons (Fsp3) is 0.545. The first-order valence-electron chi connectivity index (χ1n) is 5.51. The van der Waals surface area contributed by atoms with E-state index in [1.165, 1.54) is 11.3 Å². The normalized spacial score (nSPS) is 35.8. The number of hydrogen-bond donors (Lipinski definition) is 2. The van der Waals surface area contributed by atoms with Crippen molar-refractivity contribution in [3.8, 4) is 0 Å². The molecule has 4 atom stereocenters. The van der Waals surface area contributed by atoms with Gasteiger partial charge in [-0.1, -0.05) is 6.07 Å². The van der Waals surface area contributed by atoms with Crippen molar-refractivity contribution in [1.29, 1.82) is 0 Å². The molecule has 6 heteroatoms. The Morgan fingerprint density at radius 1 is 1.41 bits per heavy atom. The summed E-state index contributed by atoms with van der Waals surface area (Å²) in [5.74, 6) is -0.112. The van der Waals surface area contributed by atoms with Crippen molar-refractivity contribution in [2.24, 2.45) is 0 Å². The Balaban J connectivity index is 1.65. The molecule has 2 saturated heterocycles. The summed E-state index contributed by atoms with van der Waals surface area (Å²) in [4.78, 5) is 12.5. The molecule has 0 radical (unpaired) electrons. The van der Waals surface area contributed by atoms with Gasteiger partial charge in [-0.25, -0.2) is 0 Å². The predicted molar refractivity (Wildman–Crippen MR) is 61.1 cm³/mol. The van der Waals surface area contributed by atoms with E-state index in [1.54, 1.807) is 6.07 Å². The lowest BCUT2D eigenvalue weighted by Gasteiger charge is -2.16. The topological polar surface area (TPSA) is 67.8 Å². The van der Waals surface area contributed by atoms with Gasteiger partial charge < -0.3 is 19.9 Å². The van der Waals surface area contributed by atoms with Crippen molar-refractivity contribution in [1.82, 2.24) is 5.32 Å². The van der Waals surface area contributed by atoms with Crippen LogP contribution in [0.15, 0.2) is 17.5 Å². The van der Waals surface area contributed by atoms with Crippen LogP contribution in [0.3, 0.4) is 0 Å². The summed E-state index contributed by atoms with van der Waals surface area (Å²) in [7, 11) is 0. The largest absolute Gasteiger partial charge is 0.388 e. The van der Waals surface area contributed by atoms with Gasteiger partial charge in [-0.2, -0.15) is 0 Å². The minimum Gasteiger partial charge on any atom is -0.388 e. The molecule has 0 saturated carbocycles. The number of rotatable bonds is 2. The Kier molecular flexibility index (Phi) is 2.87. The third-order valence-corrected chi connectivity index (χ3v) is 3.96. The summed E-state index contributed by atoms with van der Waals surface area (Å²) < 4.78 is 10.9. The number of carbonyl (C=O) groups excluding carboxylic acids is 1. The second-order valence-electron chi connectivity index (χ2n) is 4.22. The number of nitrogens with one attached hydrogen (secondary N) is 1. The van der Waals surface area contributed by atoms with Gasteiger partial charge >= 0.3 is 0 Å². The van der Waals surface area contributed by atoms with Gasteiger partial charge in [0.2, 0.25) is 0 Å². The monoisotopic (exact) mass is 255 g/mol. The number of hydrogen-bond acceptors (Lipinski definition) is 5. The Hall–Kier alpha value is -0.950. The minimum atomic E-state index is -0.580. The zero-order valence-corrected chi connectivity index (χ0v) is 9.85. The molecule has 0 aliphatic carbocycles. The van der Waals surface area contributed by atoms with Crippen LogP contribution in [-0.4, -0.2) is 48.6 Å². The van der Waals surface area contributed by atoms with E-state index >= 15 is 0 Å². The third kappa shape index (κ3) is 1.97. The first-order chi connectivity index (χ1) is 8.25. The summed E-state index contributed by atoms with van der Waals surface area (Å²) >= 11 is 1.40. The van der Waals surface area contributed by atoms with Crippen molar-refractivity contribution in [2.45, 2.75) is 24.4 Å². The van der Waals surface area contributed by atoms with Crippen LogP contribution in [0.4, 0.5) is 0 Å². The lowest BCUT2D eigenvalue weighted by atomic mass is 10.1. The minimum absolute atomic E-state index is 0.112. The number of amides is 1. The molecule has 0 unspecified atom stereocenters. The number of ether oxygens (including phenoxy) is 2.